The predicted molar refractivity (Wildman–Crippen MR) is 74.5 cm³/mol. The summed E-state index contributed by atoms with van der Waals surface area (Å²) in [5.74, 6) is 0. The van der Waals surface area contributed by atoms with Gasteiger partial charge in [-0.1, -0.05) is 12.8 Å². The third-order valence-corrected chi connectivity index (χ3v) is 4.09. The number of hydrogen-bond donors (Lipinski definition) is 1. The molecule has 1 fully saturated rings. The van der Waals surface area contributed by atoms with Gasteiger partial charge in [-0.05, 0) is 26.8 Å². The molecule has 2 rings (SSSR count). The lowest BCUT2D eigenvalue weighted by atomic mass is 10.2. The van der Waals surface area contributed by atoms with E-state index in [-0.39, 0.29) is 0 Å². The number of nitrogens with one attached hydrogen (secondary N) is 1. The summed E-state index contributed by atoms with van der Waals surface area (Å²) in [7, 11) is 4.22. The fourth-order valence-corrected chi connectivity index (χ4v) is 2.77. The summed E-state index contributed by atoms with van der Waals surface area (Å²) in [6.07, 6.45) is 9.61. The second-order valence-electron chi connectivity index (χ2n) is 5.54. The van der Waals surface area contributed by atoms with Crippen LogP contribution in [0.2, 0.25) is 0 Å². The number of nitrogens with zero attached hydrogens (tertiary/aromatic N) is 3. The minimum Gasteiger partial charge on any atom is -0.309 e. The van der Waals surface area contributed by atoms with Gasteiger partial charge in [-0.15, -0.1) is 0 Å². The van der Waals surface area contributed by atoms with Crippen LogP contribution in [0.3, 0.4) is 0 Å². The second kappa shape index (κ2) is 6.34. The van der Waals surface area contributed by atoms with Crippen LogP contribution in [-0.4, -0.2) is 40.9 Å². The summed E-state index contributed by atoms with van der Waals surface area (Å²) in [5, 5.41) is 7.78. The first-order valence-electron chi connectivity index (χ1n) is 7.09. The Balaban J connectivity index is 1.68. The first kappa shape index (κ1) is 13.6. The third-order valence-electron chi connectivity index (χ3n) is 4.09. The van der Waals surface area contributed by atoms with Crippen molar-refractivity contribution >= 4 is 0 Å². The van der Waals surface area contributed by atoms with E-state index < -0.39 is 0 Å². The van der Waals surface area contributed by atoms with Gasteiger partial charge in [0.25, 0.3) is 0 Å². The normalized spacial score (nSPS) is 18.7. The second-order valence-corrected chi connectivity index (χ2v) is 5.54. The molecule has 1 unspecified atom stereocenters. The molecule has 1 aliphatic rings. The fourth-order valence-electron chi connectivity index (χ4n) is 2.77. The van der Waals surface area contributed by atoms with Crippen LogP contribution in [-0.2, 0) is 7.05 Å². The van der Waals surface area contributed by atoms with Crippen LogP contribution in [0.5, 0.6) is 0 Å². The summed E-state index contributed by atoms with van der Waals surface area (Å²) >= 11 is 0. The highest BCUT2D eigenvalue weighted by Gasteiger charge is 2.19. The van der Waals surface area contributed by atoms with Crippen molar-refractivity contribution < 1.29 is 0 Å². The maximum absolute atomic E-state index is 4.21. The van der Waals surface area contributed by atoms with Crippen molar-refractivity contribution in [1.82, 2.24) is 20.0 Å². The summed E-state index contributed by atoms with van der Waals surface area (Å²) in [6.45, 7) is 4.38. The molecule has 1 aromatic rings. The molecule has 1 aromatic heterocycles. The van der Waals surface area contributed by atoms with Gasteiger partial charge in [-0.2, -0.15) is 5.10 Å². The largest absolute Gasteiger partial charge is 0.309 e. The molecule has 0 amide bonds. The van der Waals surface area contributed by atoms with E-state index in [1.54, 1.807) is 0 Å². The maximum Gasteiger partial charge on any atom is 0.0537 e. The van der Waals surface area contributed by atoms with Crippen LogP contribution in [0.4, 0.5) is 0 Å². The summed E-state index contributed by atoms with van der Waals surface area (Å²) < 4.78 is 1.86. The zero-order chi connectivity index (χ0) is 13.0. The molecule has 102 valence electrons. The molecule has 1 aliphatic carbocycles. The molecule has 18 heavy (non-hydrogen) atoms. The highest BCUT2D eigenvalue weighted by molar-refractivity contribution is 5.08. The monoisotopic (exact) mass is 250 g/mol. The molecule has 0 bridgehead atoms. The molecule has 0 spiro atoms. The fraction of sp³-hybridized carbons (Fsp3) is 0.786. The lowest BCUT2D eigenvalue weighted by molar-refractivity contribution is 0.243. The number of aromatic nitrogens is 2. The van der Waals surface area contributed by atoms with Gasteiger partial charge >= 0.3 is 0 Å². The minimum atomic E-state index is 0.385. The van der Waals surface area contributed by atoms with Gasteiger partial charge in [-0.3, -0.25) is 4.68 Å². The Morgan fingerprint density at radius 2 is 2.22 bits per heavy atom. The smallest absolute Gasteiger partial charge is 0.0537 e. The molecule has 1 N–H and O–H groups in total. The standard InChI is InChI=1S/C14H26N4/c1-12(13-10-16-18(3)11-13)15-8-9-17(2)14-6-4-5-7-14/h10-12,14-15H,4-9H2,1-3H3. The van der Waals surface area contributed by atoms with E-state index in [1.807, 2.05) is 17.9 Å². The lowest BCUT2D eigenvalue weighted by Gasteiger charge is -2.24. The molecule has 0 saturated heterocycles. The van der Waals surface area contributed by atoms with Crippen molar-refractivity contribution in [2.24, 2.45) is 7.05 Å². The highest BCUT2D eigenvalue weighted by Crippen LogP contribution is 2.21. The van der Waals surface area contributed by atoms with Crippen molar-refractivity contribution in [1.29, 1.82) is 0 Å². The van der Waals surface area contributed by atoms with Crippen molar-refractivity contribution in [2.75, 3.05) is 20.1 Å². The number of aryl methyl sites for hydroxylation is 1. The SMILES string of the molecule is CC(NCCN(C)C1CCCC1)c1cnn(C)c1. The van der Waals surface area contributed by atoms with Crippen LogP contribution >= 0.6 is 0 Å². The van der Waals surface area contributed by atoms with Gasteiger partial charge < -0.3 is 10.2 Å². The Bertz CT molecular complexity index is 354. The third kappa shape index (κ3) is 3.56. The average molecular weight is 250 g/mol. The van der Waals surface area contributed by atoms with Crippen LogP contribution in [0.1, 0.15) is 44.2 Å². The van der Waals surface area contributed by atoms with Gasteiger partial charge in [0, 0.05) is 44.0 Å². The van der Waals surface area contributed by atoms with Crippen molar-refractivity contribution in [3.8, 4) is 0 Å². The van der Waals surface area contributed by atoms with Gasteiger partial charge in [0.05, 0.1) is 6.20 Å². The summed E-state index contributed by atoms with van der Waals surface area (Å²) in [5.41, 5.74) is 1.26. The summed E-state index contributed by atoms with van der Waals surface area (Å²) in [4.78, 5) is 2.51. The zero-order valence-corrected chi connectivity index (χ0v) is 11.9. The van der Waals surface area contributed by atoms with Gasteiger partial charge in [0.15, 0.2) is 0 Å². The van der Waals surface area contributed by atoms with Crippen LogP contribution in [0.25, 0.3) is 0 Å². The van der Waals surface area contributed by atoms with E-state index in [1.165, 1.54) is 31.2 Å². The lowest BCUT2D eigenvalue weighted by Crippen LogP contribution is -2.36. The van der Waals surface area contributed by atoms with Crippen molar-refractivity contribution in [3.05, 3.63) is 18.0 Å². The number of likely N-dealkylation sites (N-methyl/N-ethyl adjacent to an activating group) is 1. The number of hydrogen-bond acceptors (Lipinski definition) is 3. The highest BCUT2D eigenvalue weighted by atomic mass is 15.2. The average Bonchev–Trinajstić information content (AvgIpc) is 2.99. The van der Waals surface area contributed by atoms with E-state index in [0.717, 1.165) is 19.1 Å². The van der Waals surface area contributed by atoms with Crippen molar-refractivity contribution in [3.63, 3.8) is 0 Å². The molecule has 0 aromatic carbocycles. The van der Waals surface area contributed by atoms with E-state index in [9.17, 15) is 0 Å². The van der Waals surface area contributed by atoms with Crippen LogP contribution in [0, 0.1) is 0 Å². The molecule has 0 radical (unpaired) electrons. The van der Waals surface area contributed by atoms with Crippen LogP contribution in [0.15, 0.2) is 12.4 Å². The molecular weight excluding hydrogens is 224 g/mol. The zero-order valence-electron chi connectivity index (χ0n) is 11.9. The summed E-state index contributed by atoms with van der Waals surface area (Å²) in [6, 6.07) is 1.20. The van der Waals surface area contributed by atoms with Gasteiger partial charge in [0.1, 0.15) is 0 Å². The molecule has 4 nitrogen and oxygen atoms in total. The Hall–Kier alpha value is -0.870. The van der Waals surface area contributed by atoms with Crippen molar-refractivity contribution in [2.45, 2.75) is 44.7 Å². The minimum absolute atomic E-state index is 0.385. The Labute approximate surface area is 110 Å². The van der Waals surface area contributed by atoms with Crippen LogP contribution < -0.4 is 5.32 Å². The van der Waals surface area contributed by atoms with E-state index in [4.69, 9.17) is 0 Å². The Morgan fingerprint density at radius 1 is 1.50 bits per heavy atom. The van der Waals surface area contributed by atoms with E-state index in [2.05, 4.69) is 35.5 Å². The quantitative estimate of drug-likeness (QED) is 0.837. The number of rotatable bonds is 6. The molecule has 4 heteroatoms. The van der Waals surface area contributed by atoms with Gasteiger partial charge in [0.2, 0.25) is 0 Å². The molecule has 1 heterocycles. The van der Waals surface area contributed by atoms with E-state index >= 15 is 0 Å². The van der Waals surface area contributed by atoms with Gasteiger partial charge in [-0.25, -0.2) is 0 Å². The maximum atomic E-state index is 4.21. The Morgan fingerprint density at radius 3 is 2.83 bits per heavy atom. The van der Waals surface area contributed by atoms with E-state index in [0.29, 0.717) is 6.04 Å². The molecule has 1 atom stereocenters. The predicted octanol–water partition coefficient (Wildman–Crippen LogP) is 1.95. The first-order chi connectivity index (χ1) is 8.66. The Kier molecular flexibility index (Phi) is 4.78. The first-order valence-corrected chi connectivity index (χ1v) is 7.09. The molecule has 1 saturated carbocycles. The topological polar surface area (TPSA) is 33.1 Å². The molecule has 0 aliphatic heterocycles. The molecular formula is C14H26N4.